The first-order chi connectivity index (χ1) is 10.1. The molecule has 0 aliphatic heterocycles. The van der Waals surface area contributed by atoms with Crippen LogP contribution in [0.3, 0.4) is 0 Å². The molecule has 0 atom stereocenters. The van der Waals surface area contributed by atoms with E-state index in [0.29, 0.717) is 15.4 Å². The molecular weight excluding hydrogens is 304 g/mol. The van der Waals surface area contributed by atoms with Gasteiger partial charge in [0.15, 0.2) is 4.80 Å². The lowest BCUT2D eigenvalue weighted by molar-refractivity contribution is 0.0997. The average molecular weight is 317 g/mol. The van der Waals surface area contributed by atoms with E-state index in [1.165, 1.54) is 11.3 Å². The molecule has 0 unspecified atom stereocenters. The van der Waals surface area contributed by atoms with Crippen LogP contribution in [0.15, 0.2) is 47.5 Å². The van der Waals surface area contributed by atoms with Crippen LogP contribution in [-0.4, -0.2) is 10.5 Å². The topological polar surface area (TPSA) is 34.4 Å². The molecule has 1 heterocycles. The number of aryl methyl sites for hydroxylation is 2. The lowest BCUT2D eigenvalue weighted by Gasteiger charge is -1.99. The van der Waals surface area contributed by atoms with Gasteiger partial charge in [0.1, 0.15) is 0 Å². The largest absolute Gasteiger partial charge is 0.319 e. The Labute approximate surface area is 131 Å². The number of benzene rings is 2. The maximum atomic E-state index is 12.3. The molecule has 2 aromatic carbocycles. The first-order valence-corrected chi connectivity index (χ1v) is 7.65. The Morgan fingerprint density at radius 2 is 2.00 bits per heavy atom. The molecular formula is C16H13ClN2OS. The summed E-state index contributed by atoms with van der Waals surface area (Å²) in [4.78, 5) is 17.3. The number of carbonyl (C=O) groups is 1. The maximum Gasteiger partial charge on any atom is 0.279 e. The molecule has 1 amide bonds. The molecule has 5 heteroatoms. The molecule has 0 N–H and O–H groups in total. The van der Waals surface area contributed by atoms with Gasteiger partial charge in [0.25, 0.3) is 5.91 Å². The molecule has 0 fully saturated rings. The van der Waals surface area contributed by atoms with Crippen LogP contribution in [0, 0.1) is 6.92 Å². The van der Waals surface area contributed by atoms with E-state index in [4.69, 9.17) is 11.6 Å². The highest BCUT2D eigenvalue weighted by atomic mass is 35.5. The minimum absolute atomic E-state index is 0.221. The first kappa shape index (κ1) is 14.0. The van der Waals surface area contributed by atoms with E-state index in [1.807, 2.05) is 54.9 Å². The van der Waals surface area contributed by atoms with Crippen molar-refractivity contribution < 1.29 is 4.79 Å². The standard InChI is InChI=1S/C16H13ClN2OS/c1-10-5-3-4-6-12(10)15(20)18-16-19(2)13-8-7-11(17)9-14(13)21-16/h3-9H,1-2H3. The summed E-state index contributed by atoms with van der Waals surface area (Å²) < 4.78 is 2.92. The van der Waals surface area contributed by atoms with Gasteiger partial charge in [-0.15, -0.1) is 0 Å². The number of hydrogen-bond donors (Lipinski definition) is 0. The van der Waals surface area contributed by atoms with E-state index < -0.39 is 0 Å². The van der Waals surface area contributed by atoms with Crippen LogP contribution in [0.4, 0.5) is 0 Å². The van der Waals surface area contributed by atoms with Gasteiger partial charge in [-0.05, 0) is 36.8 Å². The summed E-state index contributed by atoms with van der Waals surface area (Å²) in [6, 6.07) is 13.1. The van der Waals surface area contributed by atoms with E-state index in [0.717, 1.165) is 15.8 Å². The van der Waals surface area contributed by atoms with Crippen LogP contribution >= 0.6 is 22.9 Å². The predicted molar refractivity (Wildman–Crippen MR) is 86.9 cm³/mol. The van der Waals surface area contributed by atoms with Crippen molar-refractivity contribution in [2.45, 2.75) is 6.92 Å². The fourth-order valence-corrected chi connectivity index (χ4v) is 3.47. The molecule has 3 aromatic rings. The maximum absolute atomic E-state index is 12.3. The summed E-state index contributed by atoms with van der Waals surface area (Å²) in [5.41, 5.74) is 2.58. The minimum atomic E-state index is -0.221. The number of halogens is 1. The lowest BCUT2D eigenvalue weighted by atomic mass is 10.1. The lowest BCUT2D eigenvalue weighted by Crippen LogP contribution is -2.13. The molecule has 3 rings (SSSR count). The van der Waals surface area contributed by atoms with Gasteiger partial charge in [-0.3, -0.25) is 4.79 Å². The van der Waals surface area contributed by atoms with Crippen molar-refractivity contribution in [1.82, 2.24) is 4.57 Å². The summed E-state index contributed by atoms with van der Waals surface area (Å²) in [5, 5.41) is 0.682. The molecule has 0 saturated carbocycles. The third kappa shape index (κ3) is 2.64. The molecule has 21 heavy (non-hydrogen) atoms. The van der Waals surface area contributed by atoms with Crippen LogP contribution < -0.4 is 4.80 Å². The normalized spacial score (nSPS) is 12.0. The zero-order valence-corrected chi connectivity index (χ0v) is 13.2. The van der Waals surface area contributed by atoms with Crippen LogP contribution in [0.25, 0.3) is 10.2 Å². The Balaban J connectivity index is 2.14. The number of aromatic nitrogens is 1. The number of carbonyl (C=O) groups excluding carboxylic acids is 1. The SMILES string of the molecule is Cc1ccccc1C(=O)N=c1sc2cc(Cl)ccc2n1C. The number of nitrogens with zero attached hydrogens (tertiary/aromatic N) is 2. The van der Waals surface area contributed by atoms with Crippen molar-refractivity contribution >= 4 is 39.1 Å². The smallest absolute Gasteiger partial charge is 0.279 e. The highest BCUT2D eigenvalue weighted by molar-refractivity contribution is 7.16. The van der Waals surface area contributed by atoms with E-state index in [2.05, 4.69) is 4.99 Å². The molecule has 0 aliphatic carbocycles. The van der Waals surface area contributed by atoms with Crippen LogP contribution in [0.5, 0.6) is 0 Å². The second-order valence-electron chi connectivity index (χ2n) is 4.79. The van der Waals surface area contributed by atoms with Crippen molar-refractivity contribution in [3.05, 3.63) is 63.4 Å². The van der Waals surface area contributed by atoms with Crippen molar-refractivity contribution in [2.24, 2.45) is 12.0 Å². The Morgan fingerprint density at radius 3 is 2.76 bits per heavy atom. The average Bonchev–Trinajstić information content (AvgIpc) is 2.75. The number of thiazole rings is 1. The molecule has 1 aromatic heterocycles. The van der Waals surface area contributed by atoms with Gasteiger partial charge in [0.05, 0.1) is 10.2 Å². The number of amides is 1. The quantitative estimate of drug-likeness (QED) is 0.669. The molecule has 0 spiro atoms. The van der Waals surface area contributed by atoms with Gasteiger partial charge >= 0.3 is 0 Å². The summed E-state index contributed by atoms with van der Waals surface area (Å²) in [7, 11) is 1.90. The fourth-order valence-electron chi connectivity index (χ4n) is 2.17. The number of fused-ring (bicyclic) bond motifs is 1. The Hall–Kier alpha value is -1.91. The van der Waals surface area contributed by atoms with Gasteiger partial charge in [-0.1, -0.05) is 41.1 Å². The third-order valence-corrected chi connectivity index (χ3v) is 4.67. The van der Waals surface area contributed by atoms with Crippen molar-refractivity contribution in [1.29, 1.82) is 0 Å². The zero-order chi connectivity index (χ0) is 15.0. The number of rotatable bonds is 1. The summed E-state index contributed by atoms with van der Waals surface area (Å²) in [6.07, 6.45) is 0. The van der Waals surface area contributed by atoms with E-state index in [9.17, 15) is 4.79 Å². The van der Waals surface area contributed by atoms with Gasteiger partial charge < -0.3 is 4.57 Å². The van der Waals surface area contributed by atoms with Crippen molar-refractivity contribution in [3.63, 3.8) is 0 Å². The predicted octanol–water partition coefficient (Wildman–Crippen LogP) is 3.94. The Morgan fingerprint density at radius 1 is 1.24 bits per heavy atom. The summed E-state index contributed by atoms with van der Waals surface area (Å²) in [5.74, 6) is -0.221. The molecule has 0 bridgehead atoms. The van der Waals surface area contributed by atoms with E-state index >= 15 is 0 Å². The zero-order valence-electron chi connectivity index (χ0n) is 11.6. The first-order valence-electron chi connectivity index (χ1n) is 6.46. The monoisotopic (exact) mass is 316 g/mol. The second kappa shape index (κ2) is 5.47. The fraction of sp³-hybridized carbons (Fsp3) is 0.125. The van der Waals surface area contributed by atoms with Crippen LogP contribution in [-0.2, 0) is 7.05 Å². The van der Waals surface area contributed by atoms with Gasteiger partial charge in [-0.25, -0.2) is 0 Å². The third-order valence-electron chi connectivity index (χ3n) is 3.34. The summed E-state index contributed by atoms with van der Waals surface area (Å²) >= 11 is 7.46. The molecule has 3 nitrogen and oxygen atoms in total. The molecule has 0 radical (unpaired) electrons. The Kier molecular flexibility index (Phi) is 3.66. The summed E-state index contributed by atoms with van der Waals surface area (Å²) in [6.45, 7) is 1.91. The van der Waals surface area contributed by atoms with Crippen molar-refractivity contribution in [3.8, 4) is 0 Å². The molecule has 0 aliphatic rings. The highest BCUT2D eigenvalue weighted by Gasteiger charge is 2.09. The highest BCUT2D eigenvalue weighted by Crippen LogP contribution is 2.21. The Bertz CT molecular complexity index is 908. The van der Waals surface area contributed by atoms with Crippen LogP contribution in [0.2, 0.25) is 5.02 Å². The van der Waals surface area contributed by atoms with Gasteiger partial charge in [-0.2, -0.15) is 4.99 Å². The van der Waals surface area contributed by atoms with Gasteiger partial charge in [0.2, 0.25) is 0 Å². The van der Waals surface area contributed by atoms with E-state index in [1.54, 1.807) is 6.07 Å². The van der Waals surface area contributed by atoms with E-state index in [-0.39, 0.29) is 5.91 Å². The minimum Gasteiger partial charge on any atom is -0.319 e. The molecule has 0 saturated heterocycles. The van der Waals surface area contributed by atoms with Crippen molar-refractivity contribution in [2.75, 3.05) is 0 Å². The molecule has 106 valence electrons. The van der Waals surface area contributed by atoms with Crippen LogP contribution in [0.1, 0.15) is 15.9 Å². The number of hydrogen-bond acceptors (Lipinski definition) is 2. The second-order valence-corrected chi connectivity index (χ2v) is 6.23. The van der Waals surface area contributed by atoms with Gasteiger partial charge in [0, 0.05) is 17.6 Å².